The van der Waals surface area contributed by atoms with Gasteiger partial charge < -0.3 is 9.64 Å². The smallest absolute Gasteiger partial charge is 0.256 e. The number of likely N-dealkylation sites (tertiary alicyclic amines) is 1. The normalized spacial score (nSPS) is 26.1. The van der Waals surface area contributed by atoms with Crippen molar-refractivity contribution in [3.63, 3.8) is 0 Å². The van der Waals surface area contributed by atoms with Gasteiger partial charge in [0.2, 0.25) is 0 Å². The summed E-state index contributed by atoms with van der Waals surface area (Å²) in [5.41, 5.74) is 1.11. The highest BCUT2D eigenvalue weighted by atomic mass is 19.1. The lowest BCUT2D eigenvalue weighted by atomic mass is 9.75. The average Bonchev–Trinajstić information content (AvgIpc) is 2.47. The summed E-state index contributed by atoms with van der Waals surface area (Å²) in [5.74, 6) is -0.600. The molecule has 1 aromatic rings. The van der Waals surface area contributed by atoms with Crippen molar-refractivity contribution >= 4 is 5.91 Å². The summed E-state index contributed by atoms with van der Waals surface area (Å²) in [7, 11) is 0. The summed E-state index contributed by atoms with van der Waals surface area (Å²) in [6, 6.07) is 4.82. The number of amides is 1. The van der Waals surface area contributed by atoms with Gasteiger partial charge in [-0.25, -0.2) is 4.39 Å². The van der Waals surface area contributed by atoms with Crippen molar-refractivity contribution in [2.24, 2.45) is 5.41 Å². The fourth-order valence-corrected chi connectivity index (χ4v) is 3.58. The number of piperidine rings is 1. The third kappa shape index (κ3) is 2.95. The molecule has 3 rings (SSSR count). The highest BCUT2D eigenvalue weighted by Crippen LogP contribution is 2.37. The van der Waals surface area contributed by atoms with Crippen LogP contribution >= 0.6 is 0 Å². The molecule has 2 aliphatic rings. The number of hydrogen-bond acceptors (Lipinski definition) is 2. The molecule has 1 aromatic carbocycles. The molecule has 1 unspecified atom stereocenters. The van der Waals surface area contributed by atoms with Gasteiger partial charge >= 0.3 is 0 Å². The van der Waals surface area contributed by atoms with Crippen LogP contribution in [0.2, 0.25) is 0 Å². The van der Waals surface area contributed by atoms with E-state index in [2.05, 4.69) is 0 Å². The summed E-state index contributed by atoms with van der Waals surface area (Å²) < 4.78 is 19.6. The number of carbonyl (C=O) groups is 1. The molecule has 2 aliphatic heterocycles. The SMILES string of the molecule is Cc1ccc(C(=O)N2CCCC3(CCCOC3)C2)c(F)c1. The zero-order chi connectivity index (χ0) is 14.9. The van der Waals surface area contributed by atoms with Crippen molar-refractivity contribution in [2.75, 3.05) is 26.3 Å². The standard InChI is InChI=1S/C17H22FNO2/c1-13-4-5-14(15(18)10-13)16(20)19-8-2-6-17(11-19)7-3-9-21-12-17/h4-5,10H,2-3,6-9,11-12H2,1H3. The Morgan fingerprint density at radius 1 is 1.33 bits per heavy atom. The quantitative estimate of drug-likeness (QED) is 0.795. The molecule has 1 atom stereocenters. The highest BCUT2D eigenvalue weighted by Gasteiger charge is 2.39. The fraction of sp³-hybridized carbons (Fsp3) is 0.588. The van der Waals surface area contributed by atoms with Crippen molar-refractivity contribution in [2.45, 2.75) is 32.6 Å². The molecule has 0 bridgehead atoms. The number of ether oxygens (including phenoxy) is 1. The molecule has 0 aliphatic carbocycles. The van der Waals surface area contributed by atoms with Crippen LogP contribution in [0.1, 0.15) is 41.6 Å². The second-order valence-electron chi connectivity index (χ2n) is 6.47. The van der Waals surface area contributed by atoms with Crippen molar-refractivity contribution in [1.82, 2.24) is 4.90 Å². The molecule has 0 saturated carbocycles. The van der Waals surface area contributed by atoms with Gasteiger partial charge in [0.05, 0.1) is 12.2 Å². The van der Waals surface area contributed by atoms with Gasteiger partial charge in [0, 0.05) is 25.1 Å². The topological polar surface area (TPSA) is 29.5 Å². The molecule has 0 aromatic heterocycles. The van der Waals surface area contributed by atoms with Crippen LogP contribution in [-0.2, 0) is 4.74 Å². The van der Waals surface area contributed by atoms with Crippen LogP contribution in [0.3, 0.4) is 0 Å². The van der Waals surface area contributed by atoms with E-state index >= 15 is 0 Å². The Morgan fingerprint density at radius 2 is 2.14 bits per heavy atom. The molecule has 2 heterocycles. The van der Waals surface area contributed by atoms with Crippen molar-refractivity contribution in [3.8, 4) is 0 Å². The zero-order valence-electron chi connectivity index (χ0n) is 12.5. The van der Waals surface area contributed by atoms with Gasteiger partial charge in [-0.2, -0.15) is 0 Å². The lowest BCUT2D eigenvalue weighted by Crippen LogP contribution is -2.49. The van der Waals surface area contributed by atoms with Crippen LogP contribution in [0, 0.1) is 18.2 Å². The largest absolute Gasteiger partial charge is 0.381 e. The molecule has 2 fully saturated rings. The first-order valence-electron chi connectivity index (χ1n) is 7.73. The van der Waals surface area contributed by atoms with Gasteiger partial charge in [0.1, 0.15) is 5.82 Å². The predicted octanol–water partition coefficient (Wildman–Crippen LogP) is 3.17. The minimum atomic E-state index is -0.417. The van der Waals surface area contributed by atoms with Gasteiger partial charge in [0.15, 0.2) is 0 Å². The van der Waals surface area contributed by atoms with Gasteiger partial charge in [0.25, 0.3) is 5.91 Å². The van der Waals surface area contributed by atoms with Crippen LogP contribution in [0.15, 0.2) is 18.2 Å². The second kappa shape index (κ2) is 5.76. The van der Waals surface area contributed by atoms with Gasteiger partial charge in [-0.05, 0) is 50.3 Å². The van der Waals surface area contributed by atoms with Gasteiger partial charge in [-0.1, -0.05) is 6.07 Å². The Labute approximate surface area is 125 Å². The van der Waals surface area contributed by atoms with E-state index in [1.165, 1.54) is 6.07 Å². The molecule has 0 radical (unpaired) electrons. The summed E-state index contributed by atoms with van der Waals surface area (Å²) in [4.78, 5) is 14.4. The molecule has 0 N–H and O–H groups in total. The molecule has 2 saturated heterocycles. The maximum absolute atomic E-state index is 14.0. The Hall–Kier alpha value is -1.42. The second-order valence-corrected chi connectivity index (χ2v) is 6.47. The van der Waals surface area contributed by atoms with E-state index in [1.54, 1.807) is 12.1 Å². The summed E-state index contributed by atoms with van der Waals surface area (Å²) in [5, 5.41) is 0. The Morgan fingerprint density at radius 3 is 2.86 bits per heavy atom. The van der Waals surface area contributed by atoms with E-state index in [0.29, 0.717) is 13.1 Å². The lowest BCUT2D eigenvalue weighted by Gasteiger charge is -2.44. The molecule has 3 nitrogen and oxygen atoms in total. The van der Waals surface area contributed by atoms with E-state index in [0.717, 1.165) is 44.5 Å². The summed E-state index contributed by atoms with van der Waals surface area (Å²) in [6.45, 7) is 4.79. The maximum atomic E-state index is 14.0. The van der Waals surface area contributed by atoms with Crippen molar-refractivity contribution < 1.29 is 13.9 Å². The van der Waals surface area contributed by atoms with Gasteiger partial charge in [-0.15, -0.1) is 0 Å². The number of halogens is 1. The molecule has 21 heavy (non-hydrogen) atoms. The first kappa shape index (κ1) is 14.5. The molecular formula is C17H22FNO2. The van der Waals surface area contributed by atoms with E-state index < -0.39 is 5.82 Å². The number of aryl methyl sites for hydroxylation is 1. The zero-order valence-corrected chi connectivity index (χ0v) is 12.5. The number of nitrogens with zero attached hydrogens (tertiary/aromatic N) is 1. The minimum absolute atomic E-state index is 0.0906. The molecule has 1 spiro atoms. The molecule has 114 valence electrons. The number of rotatable bonds is 1. The number of carbonyl (C=O) groups excluding carboxylic acids is 1. The van der Waals surface area contributed by atoms with Crippen molar-refractivity contribution in [3.05, 3.63) is 35.1 Å². The van der Waals surface area contributed by atoms with E-state index in [-0.39, 0.29) is 16.9 Å². The summed E-state index contributed by atoms with van der Waals surface area (Å²) >= 11 is 0. The van der Waals surface area contributed by atoms with Crippen LogP contribution in [0.25, 0.3) is 0 Å². The first-order valence-corrected chi connectivity index (χ1v) is 7.73. The van der Waals surface area contributed by atoms with Crippen LogP contribution in [-0.4, -0.2) is 37.1 Å². The fourth-order valence-electron chi connectivity index (χ4n) is 3.58. The maximum Gasteiger partial charge on any atom is 0.256 e. The lowest BCUT2D eigenvalue weighted by molar-refractivity contribution is -0.0435. The molecule has 1 amide bonds. The van der Waals surface area contributed by atoms with Crippen LogP contribution in [0.4, 0.5) is 4.39 Å². The number of benzene rings is 1. The predicted molar refractivity (Wildman–Crippen MR) is 78.8 cm³/mol. The highest BCUT2D eigenvalue weighted by molar-refractivity contribution is 5.94. The third-order valence-electron chi connectivity index (χ3n) is 4.71. The number of hydrogen-bond donors (Lipinski definition) is 0. The Balaban J connectivity index is 1.77. The average molecular weight is 291 g/mol. The van der Waals surface area contributed by atoms with Gasteiger partial charge in [-0.3, -0.25) is 4.79 Å². The van der Waals surface area contributed by atoms with E-state index in [1.807, 2.05) is 11.8 Å². The Kier molecular flexibility index (Phi) is 3.98. The third-order valence-corrected chi connectivity index (χ3v) is 4.71. The van der Waals surface area contributed by atoms with E-state index in [9.17, 15) is 9.18 Å². The molecule has 4 heteroatoms. The Bertz CT molecular complexity index is 532. The monoisotopic (exact) mass is 291 g/mol. The summed E-state index contributed by atoms with van der Waals surface area (Å²) in [6.07, 6.45) is 4.24. The van der Waals surface area contributed by atoms with Crippen LogP contribution in [0.5, 0.6) is 0 Å². The van der Waals surface area contributed by atoms with Crippen molar-refractivity contribution in [1.29, 1.82) is 0 Å². The molecular weight excluding hydrogens is 269 g/mol. The first-order chi connectivity index (χ1) is 10.1. The minimum Gasteiger partial charge on any atom is -0.381 e. The van der Waals surface area contributed by atoms with Crippen LogP contribution < -0.4 is 0 Å². The van der Waals surface area contributed by atoms with E-state index in [4.69, 9.17) is 4.74 Å².